The van der Waals surface area contributed by atoms with Gasteiger partial charge in [-0.3, -0.25) is 0 Å². The van der Waals surface area contributed by atoms with Crippen LogP contribution in [0.1, 0.15) is 17.2 Å². The highest BCUT2D eigenvalue weighted by Crippen LogP contribution is 2.23. The minimum atomic E-state index is -0.0675. The number of rotatable bonds is 4. The molecule has 1 atom stereocenters. The molecule has 2 N–H and O–H groups in total. The molecule has 0 spiro atoms. The van der Waals surface area contributed by atoms with Crippen molar-refractivity contribution in [2.75, 3.05) is 33.8 Å². The zero-order valence-corrected chi connectivity index (χ0v) is 11.5. The summed E-state index contributed by atoms with van der Waals surface area (Å²) in [5.41, 5.74) is 2.54. The highest BCUT2D eigenvalue weighted by molar-refractivity contribution is 5.73. The Morgan fingerprint density at radius 2 is 2.16 bits per heavy atom. The van der Waals surface area contributed by atoms with Crippen molar-refractivity contribution in [3.63, 3.8) is 0 Å². The zero-order valence-electron chi connectivity index (χ0n) is 11.5. The van der Waals surface area contributed by atoms with Gasteiger partial charge in [0.15, 0.2) is 0 Å². The molecule has 0 saturated carbocycles. The van der Waals surface area contributed by atoms with Crippen molar-refractivity contribution in [3.05, 3.63) is 35.4 Å². The van der Waals surface area contributed by atoms with Crippen LogP contribution in [0.4, 0.5) is 4.79 Å². The van der Waals surface area contributed by atoms with E-state index < -0.39 is 0 Å². The first-order valence-electron chi connectivity index (χ1n) is 6.52. The van der Waals surface area contributed by atoms with Crippen LogP contribution in [0.15, 0.2) is 24.3 Å². The number of carbonyl (C=O) groups excluding carboxylic acids is 1. The Morgan fingerprint density at radius 3 is 2.95 bits per heavy atom. The third-order valence-corrected chi connectivity index (χ3v) is 3.17. The van der Waals surface area contributed by atoms with Crippen LogP contribution >= 0.6 is 0 Å². The van der Waals surface area contributed by atoms with Crippen LogP contribution in [0.3, 0.4) is 0 Å². The topological polar surface area (TPSA) is 53.6 Å². The normalized spacial score (nSPS) is 17.7. The van der Waals surface area contributed by atoms with E-state index in [0.29, 0.717) is 19.8 Å². The average molecular weight is 263 g/mol. The number of urea groups is 1. The molecule has 1 aromatic carbocycles. The smallest absolute Gasteiger partial charge is 0.316 e. The lowest BCUT2D eigenvalue weighted by Crippen LogP contribution is -2.40. The maximum atomic E-state index is 11.4. The largest absolute Gasteiger partial charge is 0.375 e. The predicted octanol–water partition coefficient (Wildman–Crippen LogP) is 1.12. The van der Waals surface area contributed by atoms with Gasteiger partial charge in [-0.25, -0.2) is 4.79 Å². The summed E-state index contributed by atoms with van der Waals surface area (Å²) in [6.07, 6.45) is 0. The molecule has 5 heteroatoms. The van der Waals surface area contributed by atoms with E-state index in [1.807, 2.05) is 12.1 Å². The van der Waals surface area contributed by atoms with Crippen LogP contribution < -0.4 is 10.6 Å². The predicted molar refractivity (Wildman–Crippen MR) is 73.9 cm³/mol. The molecule has 0 fully saturated rings. The molecule has 19 heavy (non-hydrogen) atoms. The van der Waals surface area contributed by atoms with Gasteiger partial charge in [0.1, 0.15) is 0 Å². The van der Waals surface area contributed by atoms with Crippen molar-refractivity contribution >= 4 is 6.03 Å². The molecule has 0 aliphatic carbocycles. The molecule has 2 amide bonds. The van der Waals surface area contributed by atoms with Crippen LogP contribution in [-0.4, -0.2) is 44.7 Å². The summed E-state index contributed by atoms with van der Waals surface area (Å²) in [4.78, 5) is 12.9. The minimum Gasteiger partial charge on any atom is -0.375 e. The quantitative estimate of drug-likeness (QED) is 0.800. The Kier molecular flexibility index (Phi) is 4.76. The lowest BCUT2D eigenvalue weighted by molar-refractivity contribution is 0.0824. The van der Waals surface area contributed by atoms with Gasteiger partial charge < -0.3 is 20.3 Å². The Labute approximate surface area is 113 Å². The lowest BCUT2D eigenvalue weighted by atomic mass is 9.99. The number of nitrogens with zero attached hydrogens (tertiary/aromatic N) is 1. The van der Waals surface area contributed by atoms with E-state index in [0.717, 1.165) is 6.54 Å². The first-order chi connectivity index (χ1) is 9.18. The summed E-state index contributed by atoms with van der Waals surface area (Å²) in [6.45, 7) is 2.70. The summed E-state index contributed by atoms with van der Waals surface area (Å²) in [5.74, 6) is 0. The van der Waals surface area contributed by atoms with E-state index >= 15 is 0 Å². The molecule has 1 aliphatic rings. The summed E-state index contributed by atoms with van der Waals surface area (Å²) in [6, 6.07) is 8.45. The Balaban J connectivity index is 1.80. The number of ether oxygens (including phenoxy) is 1. The van der Waals surface area contributed by atoms with E-state index in [1.54, 1.807) is 14.1 Å². The van der Waals surface area contributed by atoms with Crippen molar-refractivity contribution in [1.29, 1.82) is 0 Å². The summed E-state index contributed by atoms with van der Waals surface area (Å²) < 4.78 is 5.57. The van der Waals surface area contributed by atoms with E-state index in [2.05, 4.69) is 22.8 Å². The summed E-state index contributed by atoms with van der Waals surface area (Å²) in [7, 11) is 3.46. The molecule has 0 saturated heterocycles. The fraction of sp³-hybridized carbons (Fsp3) is 0.500. The summed E-state index contributed by atoms with van der Waals surface area (Å²) in [5, 5.41) is 6.24. The molecule has 0 radical (unpaired) electrons. The second-order valence-electron chi connectivity index (χ2n) is 4.85. The first kappa shape index (κ1) is 13.8. The molecule has 5 nitrogen and oxygen atoms in total. The van der Waals surface area contributed by atoms with E-state index in [9.17, 15) is 4.79 Å². The Hall–Kier alpha value is -1.59. The molecule has 1 aromatic rings. The number of nitrogens with one attached hydrogen (secondary N) is 2. The first-order valence-corrected chi connectivity index (χ1v) is 6.52. The second-order valence-corrected chi connectivity index (χ2v) is 4.85. The molecular weight excluding hydrogens is 242 g/mol. The van der Waals surface area contributed by atoms with Crippen LogP contribution in [0, 0.1) is 0 Å². The fourth-order valence-electron chi connectivity index (χ4n) is 2.12. The highest BCUT2D eigenvalue weighted by Gasteiger charge is 2.19. The van der Waals surface area contributed by atoms with Gasteiger partial charge in [-0.2, -0.15) is 0 Å². The molecule has 0 bridgehead atoms. The number of amides is 2. The van der Waals surface area contributed by atoms with Crippen molar-refractivity contribution in [3.8, 4) is 0 Å². The van der Waals surface area contributed by atoms with Crippen LogP contribution in [0.25, 0.3) is 0 Å². The molecular formula is C14H21N3O2. The number of benzene rings is 1. The lowest BCUT2D eigenvalue weighted by Gasteiger charge is -2.26. The van der Waals surface area contributed by atoms with E-state index in [4.69, 9.17) is 4.74 Å². The zero-order chi connectivity index (χ0) is 13.7. The SMILES string of the molecule is CN(C)C(=O)NCCNC1COCc2ccccc21. The second kappa shape index (κ2) is 6.54. The fourth-order valence-corrected chi connectivity index (χ4v) is 2.12. The Morgan fingerprint density at radius 1 is 1.37 bits per heavy atom. The van der Waals surface area contributed by atoms with Gasteiger partial charge >= 0.3 is 6.03 Å². The molecule has 1 heterocycles. The van der Waals surface area contributed by atoms with Crippen molar-refractivity contribution in [2.24, 2.45) is 0 Å². The third-order valence-electron chi connectivity index (χ3n) is 3.17. The maximum Gasteiger partial charge on any atom is 0.316 e. The van der Waals surface area contributed by atoms with Gasteiger partial charge in [0, 0.05) is 27.2 Å². The number of hydrogen-bond donors (Lipinski definition) is 2. The third kappa shape index (κ3) is 3.68. The van der Waals surface area contributed by atoms with Crippen LogP contribution in [0.5, 0.6) is 0 Å². The van der Waals surface area contributed by atoms with Crippen LogP contribution in [-0.2, 0) is 11.3 Å². The van der Waals surface area contributed by atoms with Gasteiger partial charge in [-0.15, -0.1) is 0 Å². The monoisotopic (exact) mass is 263 g/mol. The van der Waals surface area contributed by atoms with Gasteiger partial charge in [0.05, 0.1) is 19.3 Å². The number of carbonyl (C=O) groups is 1. The van der Waals surface area contributed by atoms with Gasteiger partial charge in [0.25, 0.3) is 0 Å². The Bertz CT molecular complexity index is 434. The minimum absolute atomic E-state index is 0.0675. The van der Waals surface area contributed by atoms with Gasteiger partial charge in [-0.05, 0) is 11.1 Å². The summed E-state index contributed by atoms with van der Waals surface area (Å²) >= 11 is 0. The van der Waals surface area contributed by atoms with E-state index in [1.165, 1.54) is 16.0 Å². The van der Waals surface area contributed by atoms with Gasteiger partial charge in [0.2, 0.25) is 0 Å². The van der Waals surface area contributed by atoms with Crippen LogP contribution in [0.2, 0.25) is 0 Å². The molecule has 0 aromatic heterocycles. The molecule has 104 valence electrons. The number of fused-ring (bicyclic) bond motifs is 1. The highest BCUT2D eigenvalue weighted by atomic mass is 16.5. The molecule has 1 unspecified atom stereocenters. The van der Waals surface area contributed by atoms with Gasteiger partial charge in [-0.1, -0.05) is 24.3 Å². The average Bonchev–Trinajstić information content (AvgIpc) is 2.43. The van der Waals surface area contributed by atoms with Crippen molar-refractivity contribution < 1.29 is 9.53 Å². The molecule has 1 aliphatic heterocycles. The standard InChI is InChI=1S/C14H21N3O2/c1-17(2)14(18)16-8-7-15-13-10-19-9-11-5-3-4-6-12(11)13/h3-6,13,15H,7-10H2,1-2H3,(H,16,18). The van der Waals surface area contributed by atoms with Crippen molar-refractivity contribution in [1.82, 2.24) is 15.5 Å². The maximum absolute atomic E-state index is 11.4. The number of hydrogen-bond acceptors (Lipinski definition) is 3. The van der Waals surface area contributed by atoms with E-state index in [-0.39, 0.29) is 12.1 Å². The molecule has 2 rings (SSSR count). The van der Waals surface area contributed by atoms with Crippen molar-refractivity contribution in [2.45, 2.75) is 12.6 Å².